The van der Waals surface area contributed by atoms with Gasteiger partial charge in [-0.2, -0.15) is 5.10 Å². The molecule has 2 rings (SSSR count). The number of phenols is 1. The van der Waals surface area contributed by atoms with Crippen molar-refractivity contribution in [2.45, 2.75) is 12.8 Å². The van der Waals surface area contributed by atoms with Gasteiger partial charge in [0.1, 0.15) is 5.75 Å². The molecule has 0 atom stereocenters. The Kier molecular flexibility index (Phi) is 6.98. The number of amides is 2. The molecule has 6 nitrogen and oxygen atoms in total. The van der Waals surface area contributed by atoms with Gasteiger partial charge in [0.2, 0.25) is 5.91 Å². The van der Waals surface area contributed by atoms with Crippen LogP contribution in [0.4, 0.5) is 0 Å². The van der Waals surface area contributed by atoms with E-state index in [2.05, 4.69) is 15.8 Å². The van der Waals surface area contributed by atoms with Gasteiger partial charge in [0.15, 0.2) is 0 Å². The summed E-state index contributed by atoms with van der Waals surface area (Å²) in [5.41, 5.74) is 3.29. The first kappa shape index (κ1) is 18.5. The van der Waals surface area contributed by atoms with E-state index in [4.69, 9.17) is 11.6 Å². The Morgan fingerprint density at radius 3 is 2.60 bits per heavy atom. The van der Waals surface area contributed by atoms with E-state index in [1.807, 2.05) is 0 Å². The summed E-state index contributed by atoms with van der Waals surface area (Å²) in [6, 6.07) is 13.4. The van der Waals surface area contributed by atoms with Crippen molar-refractivity contribution in [3.05, 3.63) is 64.7 Å². The Morgan fingerprint density at radius 2 is 1.84 bits per heavy atom. The largest absolute Gasteiger partial charge is 0.507 e. The summed E-state index contributed by atoms with van der Waals surface area (Å²) in [6.07, 6.45) is 2.04. The molecule has 0 aliphatic heterocycles. The number of nitrogens with one attached hydrogen (secondary N) is 2. The number of hydrogen-bond acceptors (Lipinski definition) is 4. The molecule has 130 valence electrons. The molecular formula is C18H18ClN3O3. The lowest BCUT2D eigenvalue weighted by Crippen LogP contribution is -2.26. The van der Waals surface area contributed by atoms with Crippen molar-refractivity contribution in [3.63, 3.8) is 0 Å². The molecule has 0 heterocycles. The third-order valence-electron chi connectivity index (χ3n) is 3.31. The number of carbonyl (C=O) groups excluding carboxylic acids is 2. The van der Waals surface area contributed by atoms with Crippen LogP contribution in [0.25, 0.3) is 0 Å². The molecule has 3 N–H and O–H groups in total. The van der Waals surface area contributed by atoms with E-state index in [9.17, 15) is 14.7 Å². The van der Waals surface area contributed by atoms with Crippen LogP contribution in [0.15, 0.2) is 53.6 Å². The number of aromatic hydroxyl groups is 1. The molecule has 0 saturated carbocycles. The van der Waals surface area contributed by atoms with Crippen LogP contribution < -0.4 is 10.7 Å². The monoisotopic (exact) mass is 359 g/mol. The second-order valence-corrected chi connectivity index (χ2v) is 5.60. The smallest absolute Gasteiger partial charge is 0.252 e. The molecule has 0 aliphatic rings. The summed E-state index contributed by atoms with van der Waals surface area (Å²) < 4.78 is 0. The van der Waals surface area contributed by atoms with Crippen molar-refractivity contribution in [2.24, 2.45) is 5.10 Å². The number of para-hydroxylation sites is 1. The number of halogens is 1. The summed E-state index contributed by atoms with van der Waals surface area (Å²) in [4.78, 5) is 23.6. The number of rotatable bonds is 7. The van der Waals surface area contributed by atoms with Crippen LogP contribution in [0.1, 0.15) is 28.8 Å². The fraction of sp³-hybridized carbons (Fsp3) is 0.167. The molecular weight excluding hydrogens is 342 g/mol. The van der Waals surface area contributed by atoms with Crippen LogP contribution in [-0.4, -0.2) is 29.7 Å². The minimum Gasteiger partial charge on any atom is -0.507 e. The Bertz CT molecular complexity index is 778. The van der Waals surface area contributed by atoms with Gasteiger partial charge in [-0.1, -0.05) is 35.9 Å². The topological polar surface area (TPSA) is 90.8 Å². The third-order valence-corrected chi connectivity index (χ3v) is 3.64. The van der Waals surface area contributed by atoms with Crippen molar-refractivity contribution in [1.29, 1.82) is 0 Å². The standard InChI is InChI=1S/C18H18ClN3O3/c19-15-8-3-2-7-14(15)18(25)20-11-5-10-17(24)22-21-12-13-6-1-4-9-16(13)23/h1-4,6-9,12,23H,5,10-11H2,(H,20,25)(H,22,24)/b21-12+. The Balaban J connectivity index is 1.68. The molecule has 0 aliphatic carbocycles. The molecule has 0 spiro atoms. The fourth-order valence-electron chi connectivity index (χ4n) is 2.02. The predicted molar refractivity (Wildman–Crippen MR) is 96.9 cm³/mol. The first-order chi connectivity index (χ1) is 12.1. The SMILES string of the molecule is O=C(CCCNC(=O)c1ccccc1Cl)N/N=C/c1ccccc1O. The van der Waals surface area contributed by atoms with Crippen molar-refractivity contribution in [3.8, 4) is 5.75 Å². The second kappa shape index (κ2) is 9.44. The lowest BCUT2D eigenvalue weighted by molar-refractivity contribution is -0.121. The Morgan fingerprint density at radius 1 is 1.12 bits per heavy atom. The highest BCUT2D eigenvalue weighted by Crippen LogP contribution is 2.14. The lowest BCUT2D eigenvalue weighted by atomic mass is 10.2. The Hall–Kier alpha value is -2.86. The zero-order valence-electron chi connectivity index (χ0n) is 13.4. The fourth-order valence-corrected chi connectivity index (χ4v) is 2.24. The predicted octanol–water partition coefficient (Wildman–Crippen LogP) is 2.71. The number of benzene rings is 2. The third kappa shape index (κ3) is 5.93. The normalized spacial score (nSPS) is 10.6. The molecule has 25 heavy (non-hydrogen) atoms. The number of hydrazone groups is 1. The van der Waals surface area contributed by atoms with Crippen LogP contribution >= 0.6 is 11.6 Å². The van der Waals surface area contributed by atoms with Gasteiger partial charge in [0.05, 0.1) is 16.8 Å². The highest BCUT2D eigenvalue weighted by atomic mass is 35.5. The molecule has 0 fully saturated rings. The van der Waals surface area contributed by atoms with E-state index < -0.39 is 0 Å². The van der Waals surface area contributed by atoms with Gasteiger partial charge < -0.3 is 10.4 Å². The van der Waals surface area contributed by atoms with E-state index in [1.165, 1.54) is 12.3 Å². The lowest BCUT2D eigenvalue weighted by Gasteiger charge is -2.06. The zero-order valence-corrected chi connectivity index (χ0v) is 14.2. The molecule has 2 aromatic carbocycles. The van der Waals surface area contributed by atoms with E-state index in [0.717, 1.165) is 0 Å². The number of phenolic OH excluding ortho intramolecular Hbond substituents is 1. The zero-order chi connectivity index (χ0) is 18.1. The van der Waals surface area contributed by atoms with Crippen LogP contribution in [0.3, 0.4) is 0 Å². The first-order valence-electron chi connectivity index (χ1n) is 7.70. The Labute approximate surface area is 150 Å². The molecule has 2 amide bonds. The average molecular weight is 360 g/mol. The highest BCUT2D eigenvalue weighted by Gasteiger charge is 2.08. The van der Waals surface area contributed by atoms with E-state index in [0.29, 0.717) is 29.1 Å². The van der Waals surface area contributed by atoms with Crippen molar-refractivity contribution in [1.82, 2.24) is 10.7 Å². The van der Waals surface area contributed by atoms with Gasteiger partial charge in [-0.05, 0) is 30.7 Å². The van der Waals surface area contributed by atoms with Gasteiger partial charge in [0.25, 0.3) is 5.91 Å². The number of hydrogen-bond donors (Lipinski definition) is 3. The molecule has 0 aromatic heterocycles. The van der Waals surface area contributed by atoms with Gasteiger partial charge in [-0.25, -0.2) is 5.43 Å². The number of nitrogens with zero attached hydrogens (tertiary/aromatic N) is 1. The minimum absolute atomic E-state index is 0.0859. The summed E-state index contributed by atoms with van der Waals surface area (Å²) in [5.74, 6) is -0.468. The molecule has 2 aromatic rings. The van der Waals surface area contributed by atoms with Crippen molar-refractivity contribution >= 4 is 29.6 Å². The number of carbonyl (C=O) groups is 2. The molecule has 0 unspecified atom stereocenters. The molecule has 0 radical (unpaired) electrons. The summed E-state index contributed by atoms with van der Waals surface area (Å²) in [7, 11) is 0. The second-order valence-electron chi connectivity index (χ2n) is 5.19. The van der Waals surface area contributed by atoms with Crippen molar-refractivity contribution < 1.29 is 14.7 Å². The molecule has 0 saturated heterocycles. The summed E-state index contributed by atoms with van der Waals surface area (Å²) in [5, 5.41) is 16.4. The highest BCUT2D eigenvalue weighted by molar-refractivity contribution is 6.33. The maximum Gasteiger partial charge on any atom is 0.252 e. The average Bonchev–Trinajstić information content (AvgIpc) is 2.60. The first-order valence-corrected chi connectivity index (χ1v) is 8.08. The minimum atomic E-state index is -0.279. The van der Waals surface area contributed by atoms with Gasteiger partial charge in [-0.3, -0.25) is 9.59 Å². The van der Waals surface area contributed by atoms with Gasteiger partial charge in [0, 0.05) is 18.5 Å². The van der Waals surface area contributed by atoms with Gasteiger partial charge >= 0.3 is 0 Å². The van der Waals surface area contributed by atoms with Crippen LogP contribution in [-0.2, 0) is 4.79 Å². The van der Waals surface area contributed by atoms with Crippen LogP contribution in [0, 0.1) is 0 Å². The quantitative estimate of drug-likeness (QED) is 0.403. The van der Waals surface area contributed by atoms with E-state index in [1.54, 1.807) is 42.5 Å². The van der Waals surface area contributed by atoms with Crippen LogP contribution in [0.5, 0.6) is 5.75 Å². The van der Waals surface area contributed by atoms with Gasteiger partial charge in [-0.15, -0.1) is 0 Å². The summed E-state index contributed by atoms with van der Waals surface area (Å²) in [6.45, 7) is 0.348. The molecule has 0 bridgehead atoms. The summed E-state index contributed by atoms with van der Waals surface area (Å²) >= 11 is 5.94. The van der Waals surface area contributed by atoms with E-state index in [-0.39, 0.29) is 24.0 Å². The maximum absolute atomic E-state index is 11.9. The maximum atomic E-state index is 11.9. The van der Waals surface area contributed by atoms with Crippen LogP contribution in [0.2, 0.25) is 5.02 Å². The molecule has 7 heteroatoms. The van der Waals surface area contributed by atoms with E-state index >= 15 is 0 Å². The van der Waals surface area contributed by atoms with Crippen molar-refractivity contribution in [2.75, 3.05) is 6.54 Å².